The fourth-order valence-corrected chi connectivity index (χ4v) is 4.05. The minimum Gasteiger partial charge on any atom is -0.497 e. The standard InChI is InChI=1S/C22H27NO4/c1-22(2)14-23(10-9-15-7-5-6-8-19(15)22)20(21(24)25)16-11-17(26-3)13-18(12-16)27-4/h5-8,11-13,20H,9-10,14H2,1-4H3,(H,24,25)/t20-/m1/s1. The zero-order valence-electron chi connectivity index (χ0n) is 16.4. The number of ether oxygens (including phenoxy) is 2. The number of hydrogen-bond donors (Lipinski definition) is 1. The summed E-state index contributed by atoms with van der Waals surface area (Å²) in [5, 5.41) is 10.1. The molecule has 0 spiro atoms. The predicted octanol–water partition coefficient (Wildman–Crippen LogP) is 3.67. The van der Waals surface area contributed by atoms with Crippen molar-refractivity contribution in [1.29, 1.82) is 0 Å². The van der Waals surface area contributed by atoms with E-state index in [9.17, 15) is 9.90 Å². The van der Waals surface area contributed by atoms with Crippen molar-refractivity contribution in [3.8, 4) is 11.5 Å². The lowest BCUT2D eigenvalue weighted by atomic mass is 9.81. The molecule has 3 rings (SSSR count). The third-order valence-electron chi connectivity index (χ3n) is 5.30. The van der Waals surface area contributed by atoms with Crippen molar-refractivity contribution < 1.29 is 19.4 Å². The zero-order valence-corrected chi connectivity index (χ0v) is 16.4. The fraction of sp³-hybridized carbons (Fsp3) is 0.409. The second kappa shape index (κ2) is 7.61. The van der Waals surface area contributed by atoms with E-state index in [1.807, 2.05) is 6.07 Å². The summed E-state index contributed by atoms with van der Waals surface area (Å²) in [6, 6.07) is 13.0. The van der Waals surface area contributed by atoms with E-state index < -0.39 is 12.0 Å². The second-order valence-corrected chi connectivity index (χ2v) is 7.65. The van der Waals surface area contributed by atoms with Crippen LogP contribution in [-0.4, -0.2) is 43.3 Å². The van der Waals surface area contributed by atoms with Crippen LogP contribution in [0.15, 0.2) is 42.5 Å². The van der Waals surface area contributed by atoms with Crippen molar-refractivity contribution in [2.75, 3.05) is 27.3 Å². The van der Waals surface area contributed by atoms with Crippen LogP contribution in [0.1, 0.15) is 36.6 Å². The van der Waals surface area contributed by atoms with Gasteiger partial charge < -0.3 is 14.6 Å². The monoisotopic (exact) mass is 369 g/mol. The molecule has 5 nitrogen and oxygen atoms in total. The molecule has 0 amide bonds. The predicted molar refractivity (Wildman–Crippen MR) is 105 cm³/mol. The van der Waals surface area contributed by atoms with E-state index in [4.69, 9.17) is 9.47 Å². The Morgan fingerprint density at radius 3 is 2.33 bits per heavy atom. The summed E-state index contributed by atoms with van der Waals surface area (Å²) in [6.45, 7) is 5.68. The molecule has 27 heavy (non-hydrogen) atoms. The Balaban J connectivity index is 2.01. The van der Waals surface area contributed by atoms with Gasteiger partial charge in [0.1, 0.15) is 17.5 Å². The molecule has 2 aromatic carbocycles. The summed E-state index contributed by atoms with van der Waals surface area (Å²) < 4.78 is 10.7. The number of benzene rings is 2. The second-order valence-electron chi connectivity index (χ2n) is 7.65. The van der Waals surface area contributed by atoms with Crippen LogP contribution < -0.4 is 9.47 Å². The third-order valence-corrected chi connectivity index (χ3v) is 5.30. The SMILES string of the molecule is COc1cc(OC)cc([C@H](C(=O)O)N2CCc3ccccc3C(C)(C)C2)c1. The minimum atomic E-state index is -0.868. The van der Waals surface area contributed by atoms with Crippen LogP contribution >= 0.6 is 0 Å². The first-order valence-corrected chi connectivity index (χ1v) is 9.14. The van der Waals surface area contributed by atoms with Gasteiger partial charge in [0.25, 0.3) is 0 Å². The maximum atomic E-state index is 12.3. The fourth-order valence-electron chi connectivity index (χ4n) is 4.05. The average molecular weight is 369 g/mol. The van der Waals surface area contributed by atoms with E-state index in [1.165, 1.54) is 11.1 Å². The van der Waals surface area contributed by atoms with Gasteiger partial charge in [-0.25, -0.2) is 0 Å². The van der Waals surface area contributed by atoms with Crippen LogP contribution in [0, 0.1) is 0 Å². The first kappa shape index (κ1) is 19.2. The van der Waals surface area contributed by atoms with Crippen molar-refractivity contribution >= 4 is 5.97 Å². The molecule has 0 aliphatic carbocycles. The molecule has 0 radical (unpaired) electrons. The lowest BCUT2D eigenvalue weighted by molar-refractivity contribution is -0.143. The van der Waals surface area contributed by atoms with Gasteiger partial charge >= 0.3 is 5.97 Å². The molecule has 1 atom stereocenters. The Hall–Kier alpha value is -2.53. The maximum absolute atomic E-state index is 12.3. The van der Waals surface area contributed by atoms with Crippen LogP contribution in [0.3, 0.4) is 0 Å². The number of aliphatic carboxylic acids is 1. The molecule has 1 heterocycles. The minimum absolute atomic E-state index is 0.149. The highest BCUT2D eigenvalue weighted by molar-refractivity contribution is 5.76. The number of methoxy groups -OCH3 is 2. The topological polar surface area (TPSA) is 59.0 Å². The molecular weight excluding hydrogens is 342 g/mol. The first-order valence-electron chi connectivity index (χ1n) is 9.14. The Bertz CT molecular complexity index is 809. The normalized spacial score (nSPS) is 17.5. The van der Waals surface area contributed by atoms with Gasteiger partial charge in [-0.05, 0) is 35.2 Å². The van der Waals surface area contributed by atoms with Gasteiger partial charge in [0.2, 0.25) is 0 Å². The molecule has 1 aliphatic heterocycles. The molecule has 0 unspecified atom stereocenters. The van der Waals surface area contributed by atoms with Crippen molar-refractivity contribution in [2.24, 2.45) is 0 Å². The van der Waals surface area contributed by atoms with Gasteiger partial charge in [-0.15, -0.1) is 0 Å². The summed E-state index contributed by atoms with van der Waals surface area (Å²) in [4.78, 5) is 14.3. The highest BCUT2D eigenvalue weighted by atomic mass is 16.5. The Morgan fingerprint density at radius 1 is 1.11 bits per heavy atom. The first-order chi connectivity index (χ1) is 12.9. The highest BCUT2D eigenvalue weighted by Gasteiger charge is 2.36. The molecule has 0 saturated carbocycles. The van der Waals surface area contributed by atoms with Crippen LogP contribution in [0.2, 0.25) is 0 Å². The lowest BCUT2D eigenvalue weighted by Gasteiger charge is -2.34. The van der Waals surface area contributed by atoms with Crippen molar-refractivity contribution in [3.05, 3.63) is 59.2 Å². The number of carboxylic acids is 1. The van der Waals surface area contributed by atoms with E-state index >= 15 is 0 Å². The molecule has 0 aromatic heterocycles. The third kappa shape index (κ3) is 3.93. The number of nitrogens with zero attached hydrogens (tertiary/aromatic N) is 1. The van der Waals surface area contributed by atoms with Gasteiger partial charge in [-0.3, -0.25) is 9.69 Å². The Kier molecular flexibility index (Phi) is 5.42. The molecular formula is C22H27NO4. The van der Waals surface area contributed by atoms with Crippen molar-refractivity contribution in [3.63, 3.8) is 0 Å². The lowest BCUT2D eigenvalue weighted by Crippen LogP contribution is -2.41. The van der Waals surface area contributed by atoms with Crippen LogP contribution in [0.25, 0.3) is 0 Å². The highest BCUT2D eigenvalue weighted by Crippen LogP contribution is 2.36. The largest absolute Gasteiger partial charge is 0.497 e. The molecule has 144 valence electrons. The van der Waals surface area contributed by atoms with E-state index in [0.717, 1.165) is 6.42 Å². The summed E-state index contributed by atoms with van der Waals surface area (Å²) >= 11 is 0. The summed E-state index contributed by atoms with van der Waals surface area (Å²) in [7, 11) is 3.14. The Morgan fingerprint density at radius 2 is 1.74 bits per heavy atom. The number of carbonyl (C=O) groups is 1. The van der Waals surface area contributed by atoms with Gasteiger partial charge in [-0.1, -0.05) is 38.1 Å². The van der Waals surface area contributed by atoms with E-state index in [0.29, 0.717) is 30.2 Å². The number of fused-ring (bicyclic) bond motifs is 1. The van der Waals surface area contributed by atoms with Crippen molar-refractivity contribution in [1.82, 2.24) is 4.90 Å². The van der Waals surface area contributed by atoms with Gasteiger partial charge in [0.15, 0.2) is 0 Å². The van der Waals surface area contributed by atoms with Crippen molar-refractivity contribution in [2.45, 2.75) is 31.7 Å². The van der Waals surface area contributed by atoms with Gasteiger partial charge in [0.05, 0.1) is 14.2 Å². The summed E-state index contributed by atoms with van der Waals surface area (Å²) in [5.74, 6) is 0.313. The smallest absolute Gasteiger partial charge is 0.325 e. The average Bonchev–Trinajstić information content (AvgIpc) is 2.77. The van der Waals surface area contributed by atoms with Crippen LogP contribution in [0.4, 0.5) is 0 Å². The molecule has 5 heteroatoms. The van der Waals surface area contributed by atoms with E-state index in [2.05, 4.69) is 36.9 Å². The Labute approximate surface area is 160 Å². The molecule has 0 bridgehead atoms. The zero-order chi connectivity index (χ0) is 19.6. The molecule has 1 N–H and O–H groups in total. The molecule has 2 aromatic rings. The number of rotatable bonds is 5. The summed E-state index contributed by atoms with van der Waals surface area (Å²) in [6.07, 6.45) is 0.824. The van der Waals surface area contributed by atoms with Gasteiger partial charge in [0, 0.05) is 24.6 Å². The molecule has 0 fully saturated rings. The maximum Gasteiger partial charge on any atom is 0.325 e. The molecule has 1 aliphatic rings. The van der Waals surface area contributed by atoms with Crippen LogP contribution in [0.5, 0.6) is 11.5 Å². The van der Waals surface area contributed by atoms with Gasteiger partial charge in [-0.2, -0.15) is 0 Å². The van der Waals surface area contributed by atoms with Crippen LogP contribution in [-0.2, 0) is 16.6 Å². The molecule has 0 saturated heterocycles. The summed E-state index contributed by atoms with van der Waals surface area (Å²) in [5.41, 5.74) is 3.10. The number of carboxylic acid groups (broad SMARTS) is 1. The number of hydrogen-bond acceptors (Lipinski definition) is 4. The van der Waals surface area contributed by atoms with E-state index in [-0.39, 0.29) is 5.41 Å². The quantitative estimate of drug-likeness (QED) is 0.871. The van der Waals surface area contributed by atoms with E-state index in [1.54, 1.807) is 32.4 Å².